The number of hydrogen-bond acceptors (Lipinski definition) is 2. The van der Waals surface area contributed by atoms with Gasteiger partial charge in [0.25, 0.3) is 0 Å². The number of rotatable bonds is 9. The Hall–Kier alpha value is -2.04. The third kappa shape index (κ3) is 7.34. The number of carboxylic acid groups (broad SMARTS) is 1. The van der Waals surface area contributed by atoms with E-state index in [0.717, 1.165) is 31.2 Å². The van der Waals surface area contributed by atoms with Gasteiger partial charge >= 0.3 is 12.0 Å². The summed E-state index contributed by atoms with van der Waals surface area (Å²) in [5.41, 5.74) is 0.793. The Kier molecular flexibility index (Phi) is 7.94. The Morgan fingerprint density at radius 1 is 1.14 bits per heavy atom. The molecule has 5 nitrogen and oxygen atoms in total. The molecule has 1 aromatic rings. The second-order valence-electron chi connectivity index (χ2n) is 5.02. The van der Waals surface area contributed by atoms with Crippen molar-refractivity contribution in [2.45, 2.75) is 45.1 Å². The summed E-state index contributed by atoms with van der Waals surface area (Å²) in [6.45, 7) is 2.75. The molecule has 0 bridgehead atoms. The van der Waals surface area contributed by atoms with Crippen molar-refractivity contribution in [3.8, 4) is 0 Å². The maximum absolute atomic E-state index is 11.8. The number of unbranched alkanes of at least 4 members (excludes halogenated alkanes) is 3. The molecule has 0 aliphatic rings. The first-order valence-corrected chi connectivity index (χ1v) is 7.44. The maximum atomic E-state index is 11.8. The van der Waals surface area contributed by atoms with Gasteiger partial charge in [-0.2, -0.15) is 0 Å². The highest BCUT2D eigenvalue weighted by Crippen LogP contribution is 2.16. The first-order valence-electron chi connectivity index (χ1n) is 7.44. The van der Waals surface area contributed by atoms with Gasteiger partial charge in [-0.05, 0) is 12.0 Å². The van der Waals surface area contributed by atoms with E-state index in [1.807, 2.05) is 30.3 Å². The van der Waals surface area contributed by atoms with Gasteiger partial charge in [0, 0.05) is 6.54 Å². The van der Waals surface area contributed by atoms with Crippen LogP contribution in [-0.2, 0) is 4.79 Å². The van der Waals surface area contributed by atoms with Crippen molar-refractivity contribution in [2.24, 2.45) is 0 Å². The average Bonchev–Trinajstić information content (AvgIpc) is 2.47. The molecule has 3 N–H and O–H groups in total. The molecule has 5 heteroatoms. The molecular formula is C16H24N2O3. The van der Waals surface area contributed by atoms with Crippen molar-refractivity contribution >= 4 is 12.0 Å². The van der Waals surface area contributed by atoms with Crippen LogP contribution in [0.1, 0.15) is 50.6 Å². The Labute approximate surface area is 125 Å². The van der Waals surface area contributed by atoms with Gasteiger partial charge in [0.15, 0.2) is 0 Å². The fourth-order valence-electron chi connectivity index (χ4n) is 2.08. The minimum Gasteiger partial charge on any atom is -0.481 e. The van der Waals surface area contributed by atoms with E-state index in [1.165, 1.54) is 0 Å². The van der Waals surface area contributed by atoms with Gasteiger partial charge in [0.1, 0.15) is 0 Å². The lowest BCUT2D eigenvalue weighted by Crippen LogP contribution is -2.39. The minimum atomic E-state index is -0.938. The molecule has 0 heterocycles. The topological polar surface area (TPSA) is 78.4 Å². The molecule has 0 radical (unpaired) electrons. The molecule has 0 aliphatic heterocycles. The number of amides is 2. The molecule has 1 atom stereocenters. The van der Waals surface area contributed by atoms with Crippen molar-refractivity contribution in [3.05, 3.63) is 35.9 Å². The predicted octanol–water partition coefficient (Wildman–Crippen LogP) is 3.08. The molecule has 0 aliphatic carbocycles. The minimum absolute atomic E-state index is 0.132. The molecule has 116 valence electrons. The van der Waals surface area contributed by atoms with Crippen LogP contribution in [0.4, 0.5) is 4.79 Å². The van der Waals surface area contributed by atoms with Crippen LogP contribution in [-0.4, -0.2) is 23.7 Å². The van der Waals surface area contributed by atoms with Crippen LogP contribution in [0.5, 0.6) is 0 Å². The average molecular weight is 292 g/mol. The van der Waals surface area contributed by atoms with E-state index in [4.69, 9.17) is 5.11 Å². The third-order valence-electron chi connectivity index (χ3n) is 3.20. The Morgan fingerprint density at radius 2 is 1.86 bits per heavy atom. The van der Waals surface area contributed by atoms with E-state index in [-0.39, 0.29) is 12.5 Å². The lowest BCUT2D eigenvalue weighted by Gasteiger charge is -2.18. The molecule has 1 unspecified atom stereocenters. The van der Waals surface area contributed by atoms with Gasteiger partial charge in [-0.3, -0.25) is 4.79 Å². The molecule has 2 amide bonds. The summed E-state index contributed by atoms with van der Waals surface area (Å²) in [5, 5.41) is 14.5. The van der Waals surface area contributed by atoms with Crippen molar-refractivity contribution < 1.29 is 14.7 Å². The van der Waals surface area contributed by atoms with Gasteiger partial charge in [-0.15, -0.1) is 0 Å². The van der Waals surface area contributed by atoms with Crippen LogP contribution in [0.15, 0.2) is 30.3 Å². The standard InChI is InChI=1S/C16H24N2O3/c1-2-3-4-8-11-17-16(21)18-14(12-15(19)20)13-9-6-5-7-10-13/h5-7,9-10,14H,2-4,8,11-12H2,1H3,(H,19,20)(H2,17,18,21). The molecule has 0 aromatic heterocycles. The summed E-state index contributed by atoms with van der Waals surface area (Å²) < 4.78 is 0. The lowest BCUT2D eigenvalue weighted by atomic mass is 10.0. The van der Waals surface area contributed by atoms with Crippen LogP contribution in [0.3, 0.4) is 0 Å². The van der Waals surface area contributed by atoms with E-state index in [0.29, 0.717) is 6.54 Å². The number of aliphatic carboxylic acids is 1. The molecule has 0 saturated heterocycles. The molecule has 0 spiro atoms. The first-order chi connectivity index (χ1) is 10.1. The van der Waals surface area contributed by atoms with Crippen LogP contribution >= 0.6 is 0 Å². The molecule has 0 fully saturated rings. The second-order valence-corrected chi connectivity index (χ2v) is 5.02. The summed E-state index contributed by atoms with van der Waals surface area (Å²) in [5.74, 6) is -0.938. The molecule has 21 heavy (non-hydrogen) atoms. The summed E-state index contributed by atoms with van der Waals surface area (Å²) in [6.07, 6.45) is 4.22. The number of hydrogen-bond donors (Lipinski definition) is 3. The van der Waals surface area contributed by atoms with Crippen LogP contribution in [0.2, 0.25) is 0 Å². The van der Waals surface area contributed by atoms with Crippen molar-refractivity contribution in [1.82, 2.24) is 10.6 Å². The smallest absolute Gasteiger partial charge is 0.315 e. The third-order valence-corrected chi connectivity index (χ3v) is 3.20. The van der Waals surface area contributed by atoms with Gasteiger partial charge in [0.05, 0.1) is 12.5 Å². The largest absolute Gasteiger partial charge is 0.481 e. The van der Waals surface area contributed by atoms with Crippen LogP contribution in [0.25, 0.3) is 0 Å². The SMILES string of the molecule is CCCCCCNC(=O)NC(CC(=O)O)c1ccccc1. The zero-order valence-electron chi connectivity index (χ0n) is 12.5. The zero-order chi connectivity index (χ0) is 15.5. The van der Waals surface area contributed by atoms with Gasteiger partial charge in [-0.1, -0.05) is 56.5 Å². The lowest BCUT2D eigenvalue weighted by molar-refractivity contribution is -0.137. The predicted molar refractivity (Wildman–Crippen MR) is 82.1 cm³/mol. The van der Waals surface area contributed by atoms with Crippen molar-refractivity contribution in [3.63, 3.8) is 0 Å². The second kappa shape index (κ2) is 9.80. The molecule has 0 saturated carbocycles. The highest BCUT2D eigenvalue weighted by Gasteiger charge is 2.17. The number of nitrogens with one attached hydrogen (secondary N) is 2. The van der Waals surface area contributed by atoms with Crippen LogP contribution < -0.4 is 10.6 Å². The Bertz CT molecular complexity index is 434. The van der Waals surface area contributed by atoms with Gasteiger partial charge in [-0.25, -0.2) is 4.79 Å². The molecular weight excluding hydrogens is 268 g/mol. The fourth-order valence-corrected chi connectivity index (χ4v) is 2.08. The van der Waals surface area contributed by atoms with E-state index >= 15 is 0 Å². The van der Waals surface area contributed by atoms with Gasteiger partial charge < -0.3 is 15.7 Å². The quantitative estimate of drug-likeness (QED) is 0.612. The fraction of sp³-hybridized carbons (Fsp3) is 0.500. The summed E-state index contributed by atoms with van der Waals surface area (Å²) in [7, 11) is 0. The number of benzene rings is 1. The number of carbonyl (C=O) groups is 2. The summed E-state index contributed by atoms with van der Waals surface area (Å²) in [4.78, 5) is 22.8. The van der Waals surface area contributed by atoms with Crippen molar-refractivity contribution in [1.29, 1.82) is 0 Å². The summed E-state index contributed by atoms with van der Waals surface area (Å²) >= 11 is 0. The maximum Gasteiger partial charge on any atom is 0.315 e. The Morgan fingerprint density at radius 3 is 2.48 bits per heavy atom. The molecule has 1 rings (SSSR count). The highest BCUT2D eigenvalue weighted by atomic mass is 16.4. The number of urea groups is 1. The first kappa shape index (κ1) is 17.0. The van der Waals surface area contributed by atoms with Crippen LogP contribution in [0, 0.1) is 0 Å². The monoisotopic (exact) mass is 292 g/mol. The summed E-state index contributed by atoms with van der Waals surface area (Å²) in [6, 6.07) is 8.31. The van der Waals surface area contributed by atoms with E-state index in [2.05, 4.69) is 17.6 Å². The number of carbonyl (C=O) groups excluding carboxylic acids is 1. The Balaban J connectivity index is 2.45. The zero-order valence-corrected chi connectivity index (χ0v) is 12.5. The molecule has 1 aromatic carbocycles. The number of carboxylic acids is 1. The highest BCUT2D eigenvalue weighted by molar-refractivity contribution is 5.76. The van der Waals surface area contributed by atoms with Crippen molar-refractivity contribution in [2.75, 3.05) is 6.54 Å². The van der Waals surface area contributed by atoms with E-state index < -0.39 is 12.0 Å². The van der Waals surface area contributed by atoms with E-state index in [1.54, 1.807) is 0 Å². The van der Waals surface area contributed by atoms with E-state index in [9.17, 15) is 9.59 Å². The van der Waals surface area contributed by atoms with Gasteiger partial charge in [0.2, 0.25) is 0 Å². The normalized spacial score (nSPS) is 11.7.